The maximum Gasteiger partial charge on any atom is 0.320 e. The van der Waals surface area contributed by atoms with Gasteiger partial charge in [0.15, 0.2) is 0 Å². The summed E-state index contributed by atoms with van der Waals surface area (Å²) in [6.07, 6.45) is 3.21. The first-order valence-corrected chi connectivity index (χ1v) is 9.59. The summed E-state index contributed by atoms with van der Waals surface area (Å²) in [4.78, 5) is 18.3. The highest BCUT2D eigenvalue weighted by Gasteiger charge is 2.38. The van der Waals surface area contributed by atoms with E-state index in [4.69, 9.17) is 23.2 Å². The minimum absolute atomic E-state index is 0.312. The van der Waals surface area contributed by atoms with Crippen LogP contribution in [-0.4, -0.2) is 33.5 Å². The van der Waals surface area contributed by atoms with Gasteiger partial charge in [-0.3, -0.25) is 14.7 Å². The van der Waals surface area contributed by atoms with Crippen LogP contribution in [0.5, 0.6) is 0 Å². The lowest BCUT2D eigenvalue weighted by molar-refractivity contribution is -0.142. The molecular weight excluding hydrogens is 383 g/mol. The summed E-state index contributed by atoms with van der Waals surface area (Å²) < 4.78 is 0. The van der Waals surface area contributed by atoms with Crippen LogP contribution in [0.15, 0.2) is 54.7 Å². The molecular formula is C21H18Cl2N2O2. The molecule has 4 rings (SSSR count). The summed E-state index contributed by atoms with van der Waals surface area (Å²) in [5.41, 5.74) is 2.66. The van der Waals surface area contributed by atoms with E-state index in [1.54, 1.807) is 12.3 Å². The van der Waals surface area contributed by atoms with Gasteiger partial charge in [0, 0.05) is 18.1 Å². The number of rotatable bonds is 4. The van der Waals surface area contributed by atoms with Gasteiger partial charge in [-0.05, 0) is 42.2 Å². The number of carbonyl (C=O) groups is 1. The number of benzene rings is 2. The van der Waals surface area contributed by atoms with Crippen LogP contribution < -0.4 is 0 Å². The molecule has 0 spiro atoms. The van der Waals surface area contributed by atoms with Gasteiger partial charge in [0.2, 0.25) is 0 Å². The Balaban J connectivity index is 1.96. The summed E-state index contributed by atoms with van der Waals surface area (Å²) in [6.45, 7) is 0.682. The van der Waals surface area contributed by atoms with Crippen molar-refractivity contribution in [3.63, 3.8) is 0 Å². The number of carboxylic acids is 1. The summed E-state index contributed by atoms with van der Waals surface area (Å²) >= 11 is 12.9. The normalized spacial score (nSPS) is 18.7. The number of pyridine rings is 1. The second-order valence-electron chi connectivity index (χ2n) is 6.70. The molecule has 1 aliphatic heterocycles. The Morgan fingerprint density at radius 1 is 1.11 bits per heavy atom. The van der Waals surface area contributed by atoms with Crippen molar-refractivity contribution < 1.29 is 9.90 Å². The molecule has 0 radical (unpaired) electrons. The third-order valence-electron chi connectivity index (χ3n) is 5.16. The van der Waals surface area contributed by atoms with Crippen LogP contribution in [0.2, 0.25) is 10.0 Å². The fourth-order valence-electron chi connectivity index (χ4n) is 3.98. The number of carboxylic acid groups (broad SMARTS) is 1. The molecule has 0 saturated carbocycles. The Morgan fingerprint density at radius 2 is 1.93 bits per heavy atom. The molecule has 4 nitrogen and oxygen atoms in total. The summed E-state index contributed by atoms with van der Waals surface area (Å²) in [5.74, 6) is -0.811. The zero-order chi connectivity index (χ0) is 19.0. The lowest BCUT2D eigenvalue weighted by atomic mass is 9.93. The zero-order valence-electron chi connectivity index (χ0n) is 14.5. The molecule has 138 valence electrons. The standard InChI is InChI=1S/C21H18Cl2N2O2/c22-16-7-3-6-15(19(16)23)20(25-12-4-9-18(25)21(26)27)14-10-11-24-17-8-2-1-5-13(14)17/h1-3,5-8,10-11,18,20H,4,9,12H2,(H,26,27). The van der Waals surface area contributed by atoms with Gasteiger partial charge >= 0.3 is 5.97 Å². The Kier molecular flexibility index (Phi) is 5.04. The van der Waals surface area contributed by atoms with Crippen LogP contribution >= 0.6 is 23.2 Å². The Hall–Kier alpha value is -2.14. The number of hydrogen-bond acceptors (Lipinski definition) is 3. The van der Waals surface area contributed by atoms with Crippen molar-refractivity contribution >= 4 is 40.1 Å². The highest BCUT2D eigenvalue weighted by Crippen LogP contribution is 2.41. The van der Waals surface area contributed by atoms with Crippen molar-refractivity contribution in [3.05, 3.63) is 75.9 Å². The van der Waals surface area contributed by atoms with Crippen LogP contribution in [0.25, 0.3) is 10.9 Å². The molecule has 2 aromatic carbocycles. The van der Waals surface area contributed by atoms with E-state index < -0.39 is 12.0 Å². The third-order valence-corrected chi connectivity index (χ3v) is 6.00. The van der Waals surface area contributed by atoms with Gasteiger partial charge in [-0.15, -0.1) is 0 Å². The fourth-order valence-corrected chi connectivity index (χ4v) is 4.39. The quantitative estimate of drug-likeness (QED) is 0.655. The van der Waals surface area contributed by atoms with Crippen molar-refractivity contribution in [2.24, 2.45) is 0 Å². The maximum atomic E-state index is 11.9. The predicted octanol–water partition coefficient (Wildman–Crippen LogP) is 5.18. The average molecular weight is 401 g/mol. The molecule has 2 atom stereocenters. The van der Waals surface area contributed by atoms with Gasteiger partial charge in [0.1, 0.15) is 6.04 Å². The molecule has 2 unspecified atom stereocenters. The lowest BCUT2D eigenvalue weighted by Gasteiger charge is -2.33. The van der Waals surface area contributed by atoms with Crippen molar-refractivity contribution in [1.82, 2.24) is 9.88 Å². The molecule has 0 bridgehead atoms. The first-order chi connectivity index (χ1) is 13.1. The molecule has 1 fully saturated rings. The molecule has 1 saturated heterocycles. The molecule has 0 amide bonds. The number of fused-ring (bicyclic) bond motifs is 1. The lowest BCUT2D eigenvalue weighted by Crippen LogP contribution is -2.39. The van der Waals surface area contributed by atoms with E-state index in [0.29, 0.717) is 23.0 Å². The Morgan fingerprint density at radius 3 is 2.74 bits per heavy atom. The fraction of sp³-hybridized carbons (Fsp3) is 0.238. The van der Waals surface area contributed by atoms with Gasteiger partial charge in [-0.1, -0.05) is 53.5 Å². The van der Waals surface area contributed by atoms with Gasteiger partial charge in [-0.2, -0.15) is 0 Å². The largest absolute Gasteiger partial charge is 0.480 e. The molecule has 1 N–H and O–H groups in total. The minimum atomic E-state index is -0.811. The van der Waals surface area contributed by atoms with E-state index in [1.807, 2.05) is 47.4 Å². The maximum absolute atomic E-state index is 11.9. The summed E-state index contributed by atoms with van der Waals surface area (Å²) in [7, 11) is 0. The van der Waals surface area contributed by atoms with Crippen molar-refractivity contribution in [2.75, 3.05) is 6.54 Å². The van der Waals surface area contributed by atoms with Crippen molar-refractivity contribution in [3.8, 4) is 0 Å². The zero-order valence-corrected chi connectivity index (χ0v) is 16.0. The number of aromatic nitrogens is 1. The molecule has 2 heterocycles. The highest BCUT2D eigenvalue weighted by atomic mass is 35.5. The molecule has 1 aromatic heterocycles. The SMILES string of the molecule is O=C(O)C1CCCN1C(c1cccc(Cl)c1Cl)c1ccnc2ccccc12. The second-order valence-corrected chi connectivity index (χ2v) is 7.48. The number of aliphatic carboxylic acids is 1. The van der Waals surface area contributed by atoms with E-state index in [9.17, 15) is 9.90 Å². The van der Waals surface area contributed by atoms with Crippen molar-refractivity contribution in [1.29, 1.82) is 0 Å². The summed E-state index contributed by atoms with van der Waals surface area (Å²) in [5, 5.41) is 11.7. The van der Waals surface area contributed by atoms with Crippen LogP contribution in [0.1, 0.15) is 30.0 Å². The van der Waals surface area contributed by atoms with Crippen molar-refractivity contribution in [2.45, 2.75) is 24.9 Å². The van der Waals surface area contributed by atoms with Gasteiger partial charge in [0.05, 0.1) is 21.6 Å². The number of nitrogens with zero attached hydrogens (tertiary/aromatic N) is 2. The highest BCUT2D eigenvalue weighted by molar-refractivity contribution is 6.42. The number of likely N-dealkylation sites (tertiary alicyclic amines) is 1. The Bertz CT molecular complexity index is 1000. The van der Waals surface area contributed by atoms with E-state index in [1.165, 1.54) is 0 Å². The monoisotopic (exact) mass is 400 g/mol. The molecule has 1 aliphatic rings. The molecule has 3 aromatic rings. The van der Waals surface area contributed by atoms with E-state index in [0.717, 1.165) is 28.5 Å². The van der Waals surface area contributed by atoms with E-state index >= 15 is 0 Å². The summed E-state index contributed by atoms with van der Waals surface area (Å²) in [6, 6.07) is 14.5. The van der Waals surface area contributed by atoms with Gasteiger partial charge < -0.3 is 5.11 Å². The van der Waals surface area contributed by atoms with Crippen LogP contribution in [0.4, 0.5) is 0 Å². The topological polar surface area (TPSA) is 53.4 Å². The van der Waals surface area contributed by atoms with Crippen LogP contribution in [0, 0.1) is 0 Å². The second kappa shape index (κ2) is 7.47. The first-order valence-electron chi connectivity index (χ1n) is 8.84. The molecule has 27 heavy (non-hydrogen) atoms. The number of para-hydroxylation sites is 1. The first kappa shape index (κ1) is 18.2. The smallest absolute Gasteiger partial charge is 0.320 e. The van der Waals surface area contributed by atoms with Crippen LogP contribution in [-0.2, 0) is 4.79 Å². The van der Waals surface area contributed by atoms with Crippen LogP contribution in [0.3, 0.4) is 0 Å². The van der Waals surface area contributed by atoms with E-state index in [2.05, 4.69) is 4.98 Å². The number of hydrogen-bond donors (Lipinski definition) is 1. The molecule has 6 heteroatoms. The third kappa shape index (κ3) is 3.29. The predicted molar refractivity (Wildman–Crippen MR) is 107 cm³/mol. The van der Waals surface area contributed by atoms with Gasteiger partial charge in [0.25, 0.3) is 0 Å². The van der Waals surface area contributed by atoms with Gasteiger partial charge in [-0.25, -0.2) is 0 Å². The average Bonchev–Trinajstić information content (AvgIpc) is 3.15. The number of halogens is 2. The molecule has 0 aliphatic carbocycles. The van der Waals surface area contributed by atoms with E-state index in [-0.39, 0.29) is 6.04 Å². The minimum Gasteiger partial charge on any atom is -0.480 e. The Labute approximate surface area is 167 Å².